The summed E-state index contributed by atoms with van der Waals surface area (Å²) in [6.07, 6.45) is 0. The third kappa shape index (κ3) is 4.71. The zero-order valence-corrected chi connectivity index (χ0v) is 19.4. The monoisotopic (exact) mass is 476 g/mol. The van der Waals surface area contributed by atoms with Gasteiger partial charge in [0.1, 0.15) is 5.52 Å². The number of aromatic nitrogens is 1. The fraction of sp³-hybridized carbons (Fsp3) is 0.125. The second-order valence-electron chi connectivity index (χ2n) is 7.58. The van der Waals surface area contributed by atoms with Crippen LogP contribution in [0.25, 0.3) is 22.6 Å². The number of hydrogen-bond donors (Lipinski definition) is 2. The van der Waals surface area contributed by atoms with Gasteiger partial charge in [0.2, 0.25) is 5.89 Å². The fourth-order valence-electron chi connectivity index (χ4n) is 3.51. The van der Waals surface area contributed by atoms with Gasteiger partial charge in [-0.05, 0) is 79.7 Å². The van der Waals surface area contributed by atoms with Crippen molar-refractivity contribution in [3.63, 3.8) is 0 Å². The number of carbonyl (C=O) groups excluding carboxylic acids is 1. The minimum Gasteiger partial charge on any atom is -0.490 e. The molecular formula is C24H20N4O5S. The molecule has 9 nitrogen and oxygen atoms in total. The van der Waals surface area contributed by atoms with Gasteiger partial charge in [-0.1, -0.05) is 6.07 Å². The lowest BCUT2D eigenvalue weighted by Crippen LogP contribution is -2.34. The van der Waals surface area contributed by atoms with Crippen molar-refractivity contribution in [3.05, 3.63) is 81.4 Å². The number of nitro groups is 1. The second-order valence-corrected chi connectivity index (χ2v) is 7.99. The van der Waals surface area contributed by atoms with Gasteiger partial charge in [-0.15, -0.1) is 0 Å². The Balaban J connectivity index is 1.44. The number of benzene rings is 3. The Hall–Kier alpha value is -4.31. The van der Waals surface area contributed by atoms with Gasteiger partial charge in [-0.2, -0.15) is 0 Å². The van der Waals surface area contributed by atoms with Crippen molar-refractivity contribution in [2.75, 3.05) is 12.4 Å². The van der Waals surface area contributed by atoms with E-state index in [1.807, 2.05) is 38.1 Å². The Bertz CT molecular complexity index is 1430. The maximum absolute atomic E-state index is 12.5. The number of nitrogens with one attached hydrogen (secondary N) is 2. The second kappa shape index (κ2) is 9.28. The number of anilines is 1. The molecule has 4 rings (SSSR count). The van der Waals surface area contributed by atoms with Gasteiger partial charge in [0.05, 0.1) is 12.0 Å². The Kier molecular flexibility index (Phi) is 6.24. The number of fused-ring (bicyclic) bond motifs is 1. The predicted octanol–water partition coefficient (Wildman–Crippen LogP) is 5.16. The van der Waals surface area contributed by atoms with Gasteiger partial charge < -0.3 is 14.5 Å². The van der Waals surface area contributed by atoms with Gasteiger partial charge in [0.25, 0.3) is 5.91 Å². The molecule has 0 saturated heterocycles. The number of nitrogens with zero attached hydrogens (tertiary/aromatic N) is 2. The first kappa shape index (κ1) is 22.9. The summed E-state index contributed by atoms with van der Waals surface area (Å²) in [6, 6.07) is 15.1. The van der Waals surface area contributed by atoms with Gasteiger partial charge in [-0.25, -0.2) is 4.98 Å². The van der Waals surface area contributed by atoms with Crippen molar-refractivity contribution in [2.24, 2.45) is 0 Å². The molecule has 0 unspecified atom stereocenters. The zero-order valence-electron chi connectivity index (χ0n) is 18.5. The summed E-state index contributed by atoms with van der Waals surface area (Å²) in [4.78, 5) is 27.6. The molecule has 1 heterocycles. The van der Waals surface area contributed by atoms with E-state index in [4.69, 9.17) is 21.4 Å². The summed E-state index contributed by atoms with van der Waals surface area (Å²) < 4.78 is 10.9. The van der Waals surface area contributed by atoms with E-state index in [-0.39, 0.29) is 22.1 Å². The molecule has 0 saturated carbocycles. The van der Waals surface area contributed by atoms with Gasteiger partial charge in [0.15, 0.2) is 16.4 Å². The van der Waals surface area contributed by atoms with Gasteiger partial charge >= 0.3 is 5.69 Å². The Morgan fingerprint density at radius 2 is 1.85 bits per heavy atom. The van der Waals surface area contributed by atoms with Crippen LogP contribution in [0.15, 0.2) is 59.0 Å². The molecule has 0 bridgehead atoms. The van der Waals surface area contributed by atoms with Crippen LogP contribution in [0.2, 0.25) is 0 Å². The van der Waals surface area contributed by atoms with Crippen LogP contribution in [0, 0.1) is 24.0 Å². The maximum Gasteiger partial charge on any atom is 0.311 e. The molecule has 2 N–H and O–H groups in total. The third-order valence-electron chi connectivity index (χ3n) is 5.07. The van der Waals surface area contributed by atoms with Crippen LogP contribution in [0.5, 0.6) is 5.75 Å². The number of aryl methyl sites for hydroxylation is 2. The average Bonchev–Trinajstić information content (AvgIpc) is 3.23. The smallest absolute Gasteiger partial charge is 0.311 e. The van der Waals surface area contributed by atoms with Crippen molar-refractivity contribution in [1.29, 1.82) is 0 Å². The summed E-state index contributed by atoms with van der Waals surface area (Å²) in [6.45, 7) is 4.00. The van der Waals surface area contributed by atoms with Crippen LogP contribution < -0.4 is 15.4 Å². The van der Waals surface area contributed by atoms with Crippen molar-refractivity contribution in [1.82, 2.24) is 10.3 Å². The molecule has 0 spiro atoms. The minimum absolute atomic E-state index is 0.0455. The molecule has 0 fully saturated rings. The molecule has 34 heavy (non-hydrogen) atoms. The Morgan fingerprint density at radius 3 is 2.53 bits per heavy atom. The summed E-state index contributed by atoms with van der Waals surface area (Å²) in [5.41, 5.74) is 4.89. The molecule has 0 atom stereocenters. The molecule has 10 heteroatoms. The number of nitro benzene ring substituents is 1. The lowest BCUT2D eigenvalue weighted by molar-refractivity contribution is -0.385. The molecule has 1 amide bonds. The highest BCUT2D eigenvalue weighted by atomic mass is 32.1. The first-order valence-corrected chi connectivity index (χ1v) is 10.6. The summed E-state index contributed by atoms with van der Waals surface area (Å²) in [7, 11) is 1.32. The van der Waals surface area contributed by atoms with Crippen molar-refractivity contribution in [2.45, 2.75) is 13.8 Å². The van der Waals surface area contributed by atoms with Gasteiger partial charge in [0, 0.05) is 22.9 Å². The Morgan fingerprint density at radius 1 is 1.12 bits per heavy atom. The summed E-state index contributed by atoms with van der Waals surface area (Å²) in [5.74, 6) is -0.0178. The molecule has 3 aromatic carbocycles. The number of ether oxygens (including phenoxy) is 1. The molecular weight excluding hydrogens is 456 g/mol. The number of amides is 1. The van der Waals surface area contributed by atoms with E-state index >= 15 is 0 Å². The van der Waals surface area contributed by atoms with Crippen LogP contribution in [-0.2, 0) is 0 Å². The van der Waals surface area contributed by atoms with Crippen molar-refractivity contribution < 1.29 is 18.9 Å². The quantitative estimate of drug-likeness (QED) is 0.230. The fourth-order valence-corrected chi connectivity index (χ4v) is 3.72. The highest BCUT2D eigenvalue weighted by molar-refractivity contribution is 7.80. The van der Waals surface area contributed by atoms with Crippen molar-refractivity contribution in [3.8, 4) is 17.2 Å². The normalized spacial score (nSPS) is 10.7. The van der Waals surface area contributed by atoms with Crippen LogP contribution in [0.3, 0.4) is 0 Å². The lowest BCUT2D eigenvalue weighted by atomic mass is 10.1. The molecule has 0 aliphatic rings. The van der Waals surface area contributed by atoms with Crippen LogP contribution in [-0.4, -0.2) is 28.0 Å². The van der Waals surface area contributed by atoms with Crippen LogP contribution >= 0.6 is 12.2 Å². The van der Waals surface area contributed by atoms with Crippen LogP contribution in [0.1, 0.15) is 21.5 Å². The summed E-state index contributed by atoms with van der Waals surface area (Å²) >= 11 is 5.21. The van der Waals surface area contributed by atoms with E-state index in [9.17, 15) is 14.9 Å². The number of rotatable bonds is 5. The van der Waals surface area contributed by atoms with E-state index in [0.29, 0.717) is 11.6 Å². The van der Waals surface area contributed by atoms with E-state index in [0.717, 1.165) is 33.9 Å². The summed E-state index contributed by atoms with van der Waals surface area (Å²) in [5, 5.41) is 16.6. The Labute approximate surface area is 199 Å². The van der Waals surface area contributed by atoms with E-state index in [1.54, 1.807) is 12.1 Å². The van der Waals surface area contributed by atoms with Crippen LogP contribution in [0.4, 0.5) is 11.4 Å². The molecule has 4 aromatic rings. The van der Waals surface area contributed by atoms with E-state index in [2.05, 4.69) is 15.6 Å². The maximum atomic E-state index is 12.5. The number of carbonyl (C=O) groups is 1. The number of oxazole rings is 1. The molecule has 1 aromatic heterocycles. The molecule has 172 valence electrons. The average molecular weight is 477 g/mol. The lowest BCUT2D eigenvalue weighted by Gasteiger charge is -2.10. The standard InChI is InChI=1S/C24H20N4O5S/c1-13-10-14(2)21-18(11-13)26-23(33-21)15-4-7-17(8-5-15)25-24(34)27-22(29)16-6-9-20(32-3)19(12-16)28(30)31/h4-12H,1-3H3,(H2,25,27,29,34). The first-order chi connectivity index (χ1) is 16.2. The topological polar surface area (TPSA) is 120 Å². The minimum atomic E-state index is -0.618. The molecule has 0 radical (unpaired) electrons. The van der Waals surface area contributed by atoms with E-state index < -0.39 is 10.8 Å². The zero-order chi connectivity index (χ0) is 24.4. The predicted molar refractivity (Wildman–Crippen MR) is 132 cm³/mol. The highest BCUT2D eigenvalue weighted by Crippen LogP contribution is 2.29. The van der Waals surface area contributed by atoms with E-state index in [1.165, 1.54) is 19.2 Å². The number of thiocarbonyl (C=S) groups is 1. The number of methoxy groups -OCH3 is 1. The highest BCUT2D eigenvalue weighted by Gasteiger charge is 2.19. The van der Waals surface area contributed by atoms with Gasteiger partial charge in [-0.3, -0.25) is 20.2 Å². The SMILES string of the molecule is COc1ccc(C(=O)NC(=S)Nc2ccc(-c3nc4cc(C)cc(C)c4o3)cc2)cc1[N+](=O)[O-]. The van der Waals surface area contributed by atoms with Crippen molar-refractivity contribution >= 4 is 45.7 Å². The molecule has 0 aliphatic heterocycles. The third-order valence-corrected chi connectivity index (χ3v) is 5.28. The largest absolute Gasteiger partial charge is 0.490 e. The first-order valence-electron chi connectivity index (χ1n) is 10.2. The number of hydrogen-bond acceptors (Lipinski definition) is 7. The molecule has 0 aliphatic carbocycles.